The van der Waals surface area contributed by atoms with Crippen LogP contribution in [0.3, 0.4) is 0 Å². The zero-order valence-electron chi connectivity index (χ0n) is 11.8. The van der Waals surface area contributed by atoms with Crippen LogP contribution < -0.4 is 10.2 Å². The Balaban J connectivity index is 1.64. The van der Waals surface area contributed by atoms with Crippen LogP contribution in [0.1, 0.15) is 18.5 Å². The number of piperidine rings is 1. The normalized spacial score (nSPS) is 18.5. The lowest BCUT2D eigenvalue weighted by Gasteiger charge is -2.31. The second-order valence-electron chi connectivity index (χ2n) is 5.12. The summed E-state index contributed by atoms with van der Waals surface area (Å²) in [5, 5.41) is 5.51. The first-order valence-electron chi connectivity index (χ1n) is 6.97. The lowest BCUT2D eigenvalue weighted by molar-refractivity contribution is -0.120. The largest absolute Gasteiger partial charge is 0.340 e. The molecule has 1 atom stereocenters. The summed E-state index contributed by atoms with van der Waals surface area (Å²) >= 11 is 1.46. The van der Waals surface area contributed by atoms with Gasteiger partial charge in [0.1, 0.15) is 0 Å². The molecule has 0 spiro atoms. The van der Waals surface area contributed by atoms with E-state index >= 15 is 0 Å². The van der Waals surface area contributed by atoms with Crippen molar-refractivity contribution < 1.29 is 4.79 Å². The first kappa shape index (κ1) is 13.9. The number of anilines is 2. The molecule has 1 amide bonds. The van der Waals surface area contributed by atoms with E-state index < -0.39 is 0 Å². The molecule has 21 heavy (non-hydrogen) atoms. The third-order valence-corrected chi connectivity index (χ3v) is 4.35. The number of thiazole rings is 1. The second kappa shape index (κ2) is 6.17. The number of carbonyl (C=O) groups is 1. The van der Waals surface area contributed by atoms with Gasteiger partial charge in [-0.25, -0.2) is 15.0 Å². The molecular weight excluding hydrogens is 286 g/mol. The predicted molar refractivity (Wildman–Crippen MR) is 82.4 cm³/mol. The molecular formula is C14H17N5OS. The monoisotopic (exact) mass is 303 g/mol. The van der Waals surface area contributed by atoms with Gasteiger partial charge in [0.25, 0.3) is 0 Å². The topological polar surface area (TPSA) is 71.0 Å². The molecule has 2 aromatic rings. The number of rotatable bonds is 3. The molecule has 0 bridgehead atoms. The first-order chi connectivity index (χ1) is 10.2. The smallest absolute Gasteiger partial charge is 0.231 e. The Labute approximate surface area is 127 Å². The van der Waals surface area contributed by atoms with Crippen molar-refractivity contribution in [2.24, 2.45) is 5.92 Å². The van der Waals surface area contributed by atoms with E-state index in [0.717, 1.165) is 25.1 Å². The van der Waals surface area contributed by atoms with E-state index in [1.165, 1.54) is 11.3 Å². The van der Waals surface area contributed by atoms with Crippen LogP contribution in [-0.4, -0.2) is 33.9 Å². The number of hydrogen-bond acceptors (Lipinski definition) is 6. The molecule has 1 unspecified atom stereocenters. The first-order valence-corrected chi connectivity index (χ1v) is 7.85. The van der Waals surface area contributed by atoms with Gasteiger partial charge in [-0.2, -0.15) is 0 Å². The van der Waals surface area contributed by atoms with E-state index in [9.17, 15) is 4.79 Å². The standard InChI is InChI=1S/C14H17N5OS/c1-10-9-21-14(17-10)18-12(20)11-4-2-7-19(8-11)13-15-5-3-6-16-13/h3,5-6,9,11H,2,4,7-8H2,1H3,(H,17,18,20). The van der Waals surface area contributed by atoms with Crippen LogP contribution in [0, 0.1) is 12.8 Å². The lowest BCUT2D eigenvalue weighted by Crippen LogP contribution is -2.41. The second-order valence-corrected chi connectivity index (χ2v) is 5.98. The van der Waals surface area contributed by atoms with Crippen molar-refractivity contribution in [1.29, 1.82) is 0 Å². The van der Waals surface area contributed by atoms with Gasteiger partial charge in [0.15, 0.2) is 5.13 Å². The number of amides is 1. The summed E-state index contributed by atoms with van der Waals surface area (Å²) in [7, 11) is 0. The Morgan fingerprint density at radius 3 is 2.95 bits per heavy atom. The van der Waals surface area contributed by atoms with Crippen molar-refractivity contribution in [1.82, 2.24) is 15.0 Å². The molecule has 6 nitrogen and oxygen atoms in total. The molecule has 1 aliphatic rings. The minimum atomic E-state index is -0.0493. The van der Waals surface area contributed by atoms with Gasteiger partial charge in [-0.15, -0.1) is 11.3 Å². The zero-order valence-corrected chi connectivity index (χ0v) is 12.6. The highest BCUT2D eigenvalue weighted by Gasteiger charge is 2.27. The van der Waals surface area contributed by atoms with Crippen molar-refractivity contribution in [3.8, 4) is 0 Å². The van der Waals surface area contributed by atoms with E-state index in [1.54, 1.807) is 18.5 Å². The Morgan fingerprint density at radius 2 is 2.24 bits per heavy atom. The maximum atomic E-state index is 12.3. The average Bonchev–Trinajstić information content (AvgIpc) is 2.93. The van der Waals surface area contributed by atoms with Gasteiger partial charge >= 0.3 is 0 Å². The van der Waals surface area contributed by atoms with Crippen molar-refractivity contribution >= 4 is 28.3 Å². The van der Waals surface area contributed by atoms with Gasteiger partial charge in [0.2, 0.25) is 11.9 Å². The molecule has 0 radical (unpaired) electrons. The molecule has 1 fully saturated rings. The fraction of sp³-hybridized carbons (Fsp3) is 0.429. The van der Waals surface area contributed by atoms with Gasteiger partial charge < -0.3 is 10.2 Å². The van der Waals surface area contributed by atoms with Crippen molar-refractivity contribution in [3.63, 3.8) is 0 Å². The minimum absolute atomic E-state index is 0.0324. The van der Waals surface area contributed by atoms with Crippen LogP contribution in [-0.2, 0) is 4.79 Å². The summed E-state index contributed by atoms with van der Waals surface area (Å²) in [6, 6.07) is 1.79. The van der Waals surface area contributed by atoms with Crippen LogP contribution in [0.5, 0.6) is 0 Å². The molecule has 0 aromatic carbocycles. The molecule has 0 saturated carbocycles. The van der Waals surface area contributed by atoms with Gasteiger partial charge in [0.05, 0.1) is 11.6 Å². The maximum Gasteiger partial charge on any atom is 0.231 e. The number of aryl methyl sites for hydroxylation is 1. The molecule has 1 saturated heterocycles. The van der Waals surface area contributed by atoms with Gasteiger partial charge in [-0.1, -0.05) is 0 Å². The Hall–Kier alpha value is -2.02. The molecule has 2 aromatic heterocycles. The Kier molecular flexibility index (Phi) is 4.10. The minimum Gasteiger partial charge on any atom is -0.340 e. The highest BCUT2D eigenvalue weighted by atomic mass is 32.1. The molecule has 0 aliphatic carbocycles. The van der Waals surface area contributed by atoms with Gasteiger partial charge in [-0.05, 0) is 25.8 Å². The number of carbonyl (C=O) groups excluding carboxylic acids is 1. The van der Waals surface area contributed by atoms with E-state index in [1.807, 2.05) is 12.3 Å². The predicted octanol–water partition coefficient (Wildman–Crippen LogP) is 2.10. The summed E-state index contributed by atoms with van der Waals surface area (Å²) in [4.78, 5) is 27.2. The van der Waals surface area contributed by atoms with E-state index in [2.05, 4.69) is 25.2 Å². The highest BCUT2D eigenvalue weighted by molar-refractivity contribution is 7.13. The summed E-state index contributed by atoms with van der Waals surface area (Å²) in [6.07, 6.45) is 5.31. The molecule has 3 heterocycles. The molecule has 1 aliphatic heterocycles. The Bertz CT molecular complexity index is 615. The van der Waals surface area contributed by atoms with E-state index in [4.69, 9.17) is 0 Å². The highest BCUT2D eigenvalue weighted by Crippen LogP contribution is 2.22. The molecule has 3 rings (SSSR count). The summed E-state index contributed by atoms with van der Waals surface area (Å²) < 4.78 is 0. The maximum absolute atomic E-state index is 12.3. The summed E-state index contributed by atoms with van der Waals surface area (Å²) in [6.45, 7) is 3.46. The van der Waals surface area contributed by atoms with Gasteiger partial charge in [0, 0.05) is 30.9 Å². The number of nitrogens with zero attached hydrogens (tertiary/aromatic N) is 4. The zero-order chi connectivity index (χ0) is 14.7. The van der Waals surface area contributed by atoms with Crippen LogP contribution in [0.25, 0.3) is 0 Å². The van der Waals surface area contributed by atoms with Crippen LogP contribution in [0.2, 0.25) is 0 Å². The molecule has 110 valence electrons. The fourth-order valence-electron chi connectivity index (χ4n) is 2.45. The SMILES string of the molecule is Cc1csc(NC(=O)C2CCCN(c3ncccn3)C2)n1. The summed E-state index contributed by atoms with van der Waals surface area (Å²) in [5.41, 5.74) is 0.929. The number of hydrogen-bond donors (Lipinski definition) is 1. The lowest BCUT2D eigenvalue weighted by atomic mass is 9.97. The Morgan fingerprint density at radius 1 is 1.43 bits per heavy atom. The molecule has 1 N–H and O–H groups in total. The van der Waals surface area contributed by atoms with Gasteiger partial charge in [-0.3, -0.25) is 4.79 Å². The number of aromatic nitrogens is 3. The average molecular weight is 303 g/mol. The third-order valence-electron chi connectivity index (χ3n) is 3.48. The van der Waals surface area contributed by atoms with E-state index in [-0.39, 0.29) is 11.8 Å². The molecule has 7 heteroatoms. The summed E-state index contributed by atoms with van der Waals surface area (Å²) in [5.74, 6) is 0.678. The van der Waals surface area contributed by atoms with Crippen LogP contribution in [0.4, 0.5) is 11.1 Å². The van der Waals surface area contributed by atoms with Crippen molar-refractivity contribution in [2.75, 3.05) is 23.3 Å². The van der Waals surface area contributed by atoms with Crippen LogP contribution >= 0.6 is 11.3 Å². The third kappa shape index (κ3) is 3.36. The van der Waals surface area contributed by atoms with E-state index in [0.29, 0.717) is 17.6 Å². The van der Waals surface area contributed by atoms with Crippen molar-refractivity contribution in [3.05, 3.63) is 29.5 Å². The fourth-order valence-corrected chi connectivity index (χ4v) is 3.14. The van der Waals surface area contributed by atoms with Crippen LogP contribution in [0.15, 0.2) is 23.8 Å². The number of nitrogens with one attached hydrogen (secondary N) is 1. The van der Waals surface area contributed by atoms with Crippen molar-refractivity contribution in [2.45, 2.75) is 19.8 Å². The quantitative estimate of drug-likeness (QED) is 0.940.